The van der Waals surface area contributed by atoms with Crippen LogP contribution in [0.3, 0.4) is 0 Å². The van der Waals surface area contributed by atoms with Gasteiger partial charge in [0.1, 0.15) is 11.9 Å². The van der Waals surface area contributed by atoms with Gasteiger partial charge < -0.3 is 16.0 Å². The van der Waals surface area contributed by atoms with Crippen molar-refractivity contribution in [3.63, 3.8) is 0 Å². The Morgan fingerprint density at radius 3 is 2.54 bits per heavy atom. The smallest absolute Gasteiger partial charge is 0.315 e. The molecule has 0 aromatic heterocycles. The summed E-state index contributed by atoms with van der Waals surface area (Å²) in [6, 6.07) is 3.83. The quantitative estimate of drug-likeness (QED) is 0.693. The lowest BCUT2D eigenvalue weighted by Crippen LogP contribution is -2.51. The van der Waals surface area contributed by atoms with Gasteiger partial charge in [0, 0.05) is 6.04 Å². The largest absolute Gasteiger partial charge is 0.334 e. The van der Waals surface area contributed by atoms with Crippen LogP contribution in [0.2, 0.25) is 0 Å². The number of halogens is 1. The number of carbonyl (C=O) groups is 2. The summed E-state index contributed by atoms with van der Waals surface area (Å²) in [5.41, 5.74) is 0.0374. The van der Waals surface area contributed by atoms with Gasteiger partial charge in [-0.1, -0.05) is 26.0 Å². The van der Waals surface area contributed by atoms with Crippen LogP contribution in [0.5, 0.6) is 0 Å². The summed E-state index contributed by atoms with van der Waals surface area (Å²) in [6.07, 6.45) is 0.711. The minimum atomic E-state index is -3.11. The fourth-order valence-corrected chi connectivity index (χ4v) is 4.45. The molecule has 1 aromatic rings. The summed E-state index contributed by atoms with van der Waals surface area (Å²) in [6.45, 7) is 3.79. The number of rotatable bonds is 6. The number of amides is 3. The SMILES string of the molecule is CC(C)C[C@H](NC(=O)NC1CCS(=O)(=O)C1)C(=O)Nc1ccccc1F. The third kappa shape index (κ3) is 5.98. The van der Waals surface area contributed by atoms with Crippen molar-refractivity contribution in [1.82, 2.24) is 10.6 Å². The van der Waals surface area contributed by atoms with Crippen LogP contribution < -0.4 is 16.0 Å². The first-order valence-corrected chi connectivity index (χ1v) is 10.3. The highest BCUT2D eigenvalue weighted by Gasteiger charge is 2.30. The first-order chi connectivity index (χ1) is 12.2. The Labute approximate surface area is 152 Å². The highest BCUT2D eigenvalue weighted by atomic mass is 32.2. The first kappa shape index (κ1) is 20.2. The van der Waals surface area contributed by atoms with Gasteiger partial charge in [-0.05, 0) is 30.9 Å². The molecule has 0 aliphatic carbocycles. The predicted octanol–water partition coefficient (Wildman–Crippen LogP) is 1.67. The van der Waals surface area contributed by atoms with Crippen LogP contribution in [-0.4, -0.2) is 43.9 Å². The Kier molecular flexibility index (Phi) is 6.57. The van der Waals surface area contributed by atoms with E-state index < -0.39 is 39.7 Å². The Balaban J connectivity index is 1.98. The first-order valence-electron chi connectivity index (χ1n) is 8.49. The van der Waals surface area contributed by atoms with Crippen molar-refractivity contribution in [1.29, 1.82) is 0 Å². The van der Waals surface area contributed by atoms with Crippen molar-refractivity contribution in [3.05, 3.63) is 30.1 Å². The van der Waals surface area contributed by atoms with E-state index >= 15 is 0 Å². The third-order valence-corrected chi connectivity index (χ3v) is 5.80. The number of sulfone groups is 1. The highest BCUT2D eigenvalue weighted by molar-refractivity contribution is 7.91. The number of hydrogen-bond donors (Lipinski definition) is 3. The van der Waals surface area contributed by atoms with Gasteiger partial charge in [0.15, 0.2) is 9.84 Å². The fraction of sp³-hybridized carbons (Fsp3) is 0.529. The molecule has 9 heteroatoms. The molecule has 3 amide bonds. The molecule has 7 nitrogen and oxygen atoms in total. The molecule has 26 heavy (non-hydrogen) atoms. The molecular weight excluding hydrogens is 361 g/mol. The van der Waals surface area contributed by atoms with Crippen molar-refractivity contribution in [3.8, 4) is 0 Å². The molecule has 1 unspecified atom stereocenters. The molecule has 3 N–H and O–H groups in total. The van der Waals surface area contributed by atoms with Crippen molar-refractivity contribution in [2.75, 3.05) is 16.8 Å². The summed E-state index contributed by atoms with van der Waals surface area (Å²) in [5.74, 6) is -1.04. The topological polar surface area (TPSA) is 104 Å². The number of para-hydroxylation sites is 1. The maximum Gasteiger partial charge on any atom is 0.315 e. The predicted molar refractivity (Wildman–Crippen MR) is 97.0 cm³/mol. The molecule has 1 aliphatic rings. The number of nitrogens with one attached hydrogen (secondary N) is 3. The molecule has 0 saturated carbocycles. The normalized spacial score (nSPS) is 19.8. The lowest BCUT2D eigenvalue weighted by atomic mass is 10.0. The van der Waals surface area contributed by atoms with E-state index in [0.717, 1.165) is 0 Å². The molecule has 2 rings (SSSR count). The molecular formula is C17H24FN3O4S. The lowest BCUT2D eigenvalue weighted by Gasteiger charge is -2.21. The second-order valence-corrected chi connectivity index (χ2v) is 9.10. The van der Waals surface area contributed by atoms with E-state index in [1.165, 1.54) is 18.2 Å². The second kappa shape index (κ2) is 8.48. The summed E-state index contributed by atoms with van der Waals surface area (Å²) in [7, 11) is -3.11. The van der Waals surface area contributed by atoms with Crippen LogP contribution in [-0.2, 0) is 14.6 Å². The zero-order chi connectivity index (χ0) is 19.3. The Hall–Kier alpha value is -2.16. The van der Waals surface area contributed by atoms with Gasteiger partial charge in [-0.3, -0.25) is 4.79 Å². The zero-order valence-corrected chi connectivity index (χ0v) is 15.6. The molecule has 0 bridgehead atoms. The number of urea groups is 1. The van der Waals surface area contributed by atoms with E-state index in [2.05, 4.69) is 16.0 Å². The van der Waals surface area contributed by atoms with Gasteiger partial charge in [-0.15, -0.1) is 0 Å². The van der Waals surface area contributed by atoms with Gasteiger partial charge >= 0.3 is 6.03 Å². The van der Waals surface area contributed by atoms with E-state index in [1.54, 1.807) is 6.07 Å². The third-order valence-electron chi connectivity index (χ3n) is 4.03. The summed E-state index contributed by atoms with van der Waals surface area (Å²) >= 11 is 0. The van der Waals surface area contributed by atoms with Gasteiger partial charge in [-0.25, -0.2) is 17.6 Å². The van der Waals surface area contributed by atoms with Crippen LogP contribution in [0.4, 0.5) is 14.9 Å². The maximum absolute atomic E-state index is 13.7. The van der Waals surface area contributed by atoms with Gasteiger partial charge in [0.2, 0.25) is 5.91 Å². The average Bonchev–Trinajstić information content (AvgIpc) is 2.87. The summed E-state index contributed by atoms with van der Waals surface area (Å²) in [5, 5.41) is 7.62. The molecule has 144 valence electrons. The monoisotopic (exact) mass is 385 g/mol. The van der Waals surface area contributed by atoms with Crippen molar-refractivity contribution in [2.45, 2.75) is 38.8 Å². The van der Waals surface area contributed by atoms with Crippen LogP contribution in [0.1, 0.15) is 26.7 Å². The molecule has 0 spiro atoms. The van der Waals surface area contributed by atoms with Crippen LogP contribution in [0, 0.1) is 11.7 Å². The number of carbonyl (C=O) groups excluding carboxylic acids is 2. The molecule has 2 atom stereocenters. The zero-order valence-electron chi connectivity index (χ0n) is 14.8. The Morgan fingerprint density at radius 1 is 1.27 bits per heavy atom. The highest BCUT2D eigenvalue weighted by Crippen LogP contribution is 2.15. The summed E-state index contributed by atoms with van der Waals surface area (Å²) in [4.78, 5) is 24.6. The minimum absolute atomic E-state index is 0.0374. The van der Waals surface area contributed by atoms with E-state index in [4.69, 9.17) is 0 Å². The molecule has 1 fully saturated rings. The second-order valence-electron chi connectivity index (χ2n) is 6.87. The van der Waals surface area contributed by atoms with Gasteiger partial charge in [-0.2, -0.15) is 0 Å². The molecule has 1 aromatic carbocycles. The average molecular weight is 385 g/mol. The van der Waals surface area contributed by atoms with Crippen molar-refractivity contribution < 1.29 is 22.4 Å². The number of hydrogen-bond acceptors (Lipinski definition) is 4. The molecule has 1 saturated heterocycles. The van der Waals surface area contributed by atoms with Crippen LogP contribution in [0.25, 0.3) is 0 Å². The fourth-order valence-electron chi connectivity index (χ4n) is 2.78. The Morgan fingerprint density at radius 2 is 1.96 bits per heavy atom. The van der Waals surface area contributed by atoms with E-state index in [0.29, 0.717) is 12.8 Å². The van der Waals surface area contributed by atoms with Gasteiger partial charge in [0.25, 0.3) is 0 Å². The summed E-state index contributed by atoms with van der Waals surface area (Å²) < 4.78 is 36.6. The molecule has 0 radical (unpaired) electrons. The van der Waals surface area contributed by atoms with Crippen molar-refractivity contribution in [2.24, 2.45) is 5.92 Å². The number of benzene rings is 1. The van der Waals surface area contributed by atoms with Crippen LogP contribution in [0.15, 0.2) is 24.3 Å². The van der Waals surface area contributed by atoms with Gasteiger partial charge in [0.05, 0.1) is 17.2 Å². The van der Waals surface area contributed by atoms with E-state index in [1.807, 2.05) is 13.8 Å². The molecule has 1 heterocycles. The van der Waals surface area contributed by atoms with E-state index in [-0.39, 0.29) is 23.1 Å². The van der Waals surface area contributed by atoms with Crippen molar-refractivity contribution >= 4 is 27.5 Å². The molecule has 1 aliphatic heterocycles. The van der Waals surface area contributed by atoms with E-state index in [9.17, 15) is 22.4 Å². The number of anilines is 1. The maximum atomic E-state index is 13.7. The Bertz CT molecular complexity index is 767. The lowest BCUT2D eigenvalue weighted by molar-refractivity contribution is -0.118. The van der Waals surface area contributed by atoms with Crippen LogP contribution >= 0.6 is 0 Å². The standard InChI is InChI=1S/C17H24FN3O4S/c1-11(2)9-15(16(22)20-14-6-4-3-5-13(14)18)21-17(23)19-12-7-8-26(24,25)10-12/h3-6,11-12,15H,7-10H2,1-2H3,(H,20,22)(H2,19,21,23)/t12?,15-/m0/s1. The minimum Gasteiger partial charge on any atom is -0.334 e.